The predicted octanol–water partition coefficient (Wildman–Crippen LogP) is 0.511. The largest absolute Gasteiger partial charge is 0.396 e. The van der Waals surface area contributed by atoms with Gasteiger partial charge in [-0.2, -0.15) is 0 Å². The molecule has 0 bridgehead atoms. The molecule has 0 saturated heterocycles. The second kappa shape index (κ2) is 7.63. The van der Waals surface area contributed by atoms with E-state index in [2.05, 4.69) is 10.6 Å². The minimum atomic E-state index is 0.107. The Bertz CT molecular complexity index is 209. The van der Waals surface area contributed by atoms with Crippen molar-refractivity contribution in [1.29, 1.82) is 0 Å². The highest BCUT2D eigenvalue weighted by molar-refractivity contribution is 5.75. The fourth-order valence-electron chi connectivity index (χ4n) is 2.41. The lowest BCUT2D eigenvalue weighted by Crippen LogP contribution is -2.28. The van der Waals surface area contributed by atoms with Gasteiger partial charge in [-0.25, -0.2) is 0 Å². The fraction of sp³-hybridized carbons (Fsp3) is 0.917. The fourth-order valence-corrected chi connectivity index (χ4v) is 2.41. The normalized spacial score (nSPS) is 24.6. The molecule has 1 saturated carbocycles. The van der Waals surface area contributed by atoms with Crippen molar-refractivity contribution in [2.75, 3.05) is 26.7 Å². The summed E-state index contributed by atoms with van der Waals surface area (Å²) in [5, 5.41) is 15.2. The molecule has 1 fully saturated rings. The lowest BCUT2D eigenvalue weighted by molar-refractivity contribution is -0.120. The third kappa shape index (κ3) is 4.49. The van der Waals surface area contributed by atoms with Crippen molar-refractivity contribution < 1.29 is 9.90 Å². The van der Waals surface area contributed by atoms with E-state index in [1.165, 1.54) is 19.3 Å². The summed E-state index contributed by atoms with van der Waals surface area (Å²) in [6, 6.07) is 0. The van der Waals surface area contributed by atoms with Crippen LogP contribution in [0, 0.1) is 11.8 Å². The Hall–Kier alpha value is -0.610. The van der Waals surface area contributed by atoms with Crippen molar-refractivity contribution >= 4 is 5.91 Å². The zero-order valence-corrected chi connectivity index (χ0v) is 10.2. The van der Waals surface area contributed by atoms with Crippen LogP contribution in [0.2, 0.25) is 0 Å². The average molecular weight is 228 g/mol. The molecule has 3 N–H and O–H groups in total. The van der Waals surface area contributed by atoms with Gasteiger partial charge >= 0.3 is 0 Å². The zero-order chi connectivity index (χ0) is 11.8. The number of aliphatic hydroxyl groups excluding tert-OH is 1. The van der Waals surface area contributed by atoms with Gasteiger partial charge in [-0.05, 0) is 44.2 Å². The molecule has 4 nitrogen and oxygen atoms in total. The van der Waals surface area contributed by atoms with Crippen molar-refractivity contribution in [3.05, 3.63) is 0 Å². The summed E-state index contributed by atoms with van der Waals surface area (Å²) in [6.45, 7) is 2.20. The van der Waals surface area contributed by atoms with E-state index < -0.39 is 0 Å². The Labute approximate surface area is 97.8 Å². The first-order chi connectivity index (χ1) is 7.77. The van der Waals surface area contributed by atoms with Crippen molar-refractivity contribution in [3.8, 4) is 0 Å². The molecule has 1 rings (SSSR count). The van der Waals surface area contributed by atoms with E-state index in [0.717, 1.165) is 19.5 Å². The number of rotatable bonds is 7. The van der Waals surface area contributed by atoms with Gasteiger partial charge in [-0.1, -0.05) is 6.42 Å². The van der Waals surface area contributed by atoms with E-state index in [4.69, 9.17) is 5.11 Å². The molecule has 94 valence electrons. The SMILES string of the molecule is CNC(=O)CCCNCC1CCCC1CO. The molecule has 1 aliphatic rings. The van der Waals surface area contributed by atoms with Gasteiger partial charge in [0.15, 0.2) is 0 Å². The Morgan fingerprint density at radius 1 is 1.38 bits per heavy atom. The number of nitrogens with one attached hydrogen (secondary N) is 2. The van der Waals surface area contributed by atoms with Crippen LogP contribution in [-0.2, 0) is 4.79 Å². The van der Waals surface area contributed by atoms with Crippen LogP contribution in [-0.4, -0.2) is 37.8 Å². The second-order valence-corrected chi connectivity index (χ2v) is 4.61. The van der Waals surface area contributed by atoms with Crippen LogP contribution in [0.15, 0.2) is 0 Å². The molecule has 16 heavy (non-hydrogen) atoms. The summed E-state index contributed by atoms with van der Waals surface area (Å²) in [4.78, 5) is 11.0. The minimum Gasteiger partial charge on any atom is -0.396 e. The molecule has 1 aliphatic carbocycles. The van der Waals surface area contributed by atoms with Crippen LogP contribution >= 0.6 is 0 Å². The van der Waals surface area contributed by atoms with E-state index in [0.29, 0.717) is 24.9 Å². The molecule has 0 radical (unpaired) electrons. The Morgan fingerprint density at radius 3 is 2.81 bits per heavy atom. The van der Waals surface area contributed by atoms with Gasteiger partial charge < -0.3 is 15.7 Å². The summed E-state index contributed by atoms with van der Waals surface area (Å²) in [7, 11) is 1.67. The van der Waals surface area contributed by atoms with E-state index in [9.17, 15) is 4.79 Å². The Kier molecular flexibility index (Phi) is 6.42. The summed E-state index contributed by atoms with van der Waals surface area (Å²) in [5.74, 6) is 1.23. The third-order valence-corrected chi connectivity index (χ3v) is 3.49. The first kappa shape index (κ1) is 13.5. The van der Waals surface area contributed by atoms with Crippen molar-refractivity contribution in [3.63, 3.8) is 0 Å². The van der Waals surface area contributed by atoms with Crippen LogP contribution in [0.25, 0.3) is 0 Å². The van der Waals surface area contributed by atoms with Crippen LogP contribution < -0.4 is 10.6 Å². The van der Waals surface area contributed by atoms with Gasteiger partial charge in [-0.3, -0.25) is 4.79 Å². The van der Waals surface area contributed by atoms with E-state index >= 15 is 0 Å². The quantitative estimate of drug-likeness (QED) is 0.556. The molecule has 0 spiro atoms. The van der Waals surface area contributed by atoms with Gasteiger partial charge in [0.1, 0.15) is 0 Å². The molecule has 0 aromatic carbocycles. The van der Waals surface area contributed by atoms with E-state index in [-0.39, 0.29) is 5.91 Å². The van der Waals surface area contributed by atoms with Gasteiger partial charge in [0, 0.05) is 20.1 Å². The summed E-state index contributed by atoms with van der Waals surface area (Å²) < 4.78 is 0. The molecule has 0 heterocycles. The van der Waals surface area contributed by atoms with Crippen molar-refractivity contribution in [2.45, 2.75) is 32.1 Å². The third-order valence-electron chi connectivity index (χ3n) is 3.49. The standard InChI is InChI=1S/C12H24N2O2/c1-13-12(16)6-3-7-14-8-10-4-2-5-11(10)9-15/h10-11,14-15H,2-9H2,1H3,(H,13,16). The monoisotopic (exact) mass is 228 g/mol. The number of carbonyl (C=O) groups excluding carboxylic acids is 1. The van der Waals surface area contributed by atoms with Crippen molar-refractivity contribution in [2.24, 2.45) is 11.8 Å². The van der Waals surface area contributed by atoms with Crippen LogP contribution in [0.1, 0.15) is 32.1 Å². The average Bonchev–Trinajstić information content (AvgIpc) is 2.75. The van der Waals surface area contributed by atoms with Crippen LogP contribution in [0.3, 0.4) is 0 Å². The lowest BCUT2D eigenvalue weighted by atomic mass is 9.97. The Morgan fingerprint density at radius 2 is 2.12 bits per heavy atom. The zero-order valence-electron chi connectivity index (χ0n) is 10.2. The Balaban J connectivity index is 2.00. The van der Waals surface area contributed by atoms with Gasteiger partial charge in [-0.15, -0.1) is 0 Å². The topological polar surface area (TPSA) is 61.4 Å². The van der Waals surface area contributed by atoms with Crippen molar-refractivity contribution in [1.82, 2.24) is 10.6 Å². The molecule has 2 unspecified atom stereocenters. The molecule has 0 aromatic rings. The maximum absolute atomic E-state index is 11.0. The molecule has 0 aromatic heterocycles. The lowest BCUT2D eigenvalue weighted by Gasteiger charge is -2.17. The van der Waals surface area contributed by atoms with Crippen LogP contribution in [0.5, 0.6) is 0 Å². The first-order valence-corrected chi connectivity index (χ1v) is 6.30. The van der Waals surface area contributed by atoms with Gasteiger partial charge in [0.05, 0.1) is 0 Å². The van der Waals surface area contributed by atoms with Crippen LogP contribution in [0.4, 0.5) is 0 Å². The highest BCUT2D eigenvalue weighted by Gasteiger charge is 2.25. The maximum Gasteiger partial charge on any atom is 0.219 e. The molecule has 4 heteroatoms. The highest BCUT2D eigenvalue weighted by atomic mass is 16.3. The number of amides is 1. The first-order valence-electron chi connectivity index (χ1n) is 6.30. The minimum absolute atomic E-state index is 0.107. The molecular weight excluding hydrogens is 204 g/mol. The van der Waals surface area contributed by atoms with E-state index in [1.54, 1.807) is 7.05 Å². The number of aliphatic hydroxyl groups is 1. The summed E-state index contributed by atoms with van der Waals surface area (Å²) in [5.41, 5.74) is 0. The maximum atomic E-state index is 11.0. The van der Waals surface area contributed by atoms with Gasteiger partial charge in [0.25, 0.3) is 0 Å². The molecule has 2 atom stereocenters. The summed E-state index contributed by atoms with van der Waals surface area (Å²) in [6.07, 6.45) is 5.12. The molecular formula is C12H24N2O2. The number of carbonyl (C=O) groups is 1. The molecule has 0 aliphatic heterocycles. The smallest absolute Gasteiger partial charge is 0.219 e. The second-order valence-electron chi connectivity index (χ2n) is 4.61. The van der Waals surface area contributed by atoms with Gasteiger partial charge in [0.2, 0.25) is 5.91 Å². The summed E-state index contributed by atoms with van der Waals surface area (Å²) >= 11 is 0. The predicted molar refractivity (Wildman–Crippen MR) is 64.1 cm³/mol. The number of hydrogen-bond acceptors (Lipinski definition) is 3. The highest BCUT2D eigenvalue weighted by Crippen LogP contribution is 2.30. The molecule has 1 amide bonds. The van der Waals surface area contributed by atoms with E-state index in [1.807, 2.05) is 0 Å². The number of hydrogen-bond donors (Lipinski definition) is 3.